The van der Waals surface area contributed by atoms with E-state index in [0.717, 1.165) is 4.47 Å². The molecule has 2 N–H and O–H groups in total. The predicted octanol–water partition coefficient (Wildman–Crippen LogP) is 2.31. The maximum atomic E-state index is 11.7. The number of ether oxygens (including phenoxy) is 1. The summed E-state index contributed by atoms with van der Waals surface area (Å²) < 4.78 is 6.02. The first kappa shape index (κ1) is 14.0. The molecule has 0 fully saturated rings. The SMILES string of the molecule is CCOC(C)CNC(=O)c1ccc(Br)cc1O. The van der Waals surface area contributed by atoms with Gasteiger partial charge in [0.05, 0.1) is 11.7 Å². The lowest BCUT2D eigenvalue weighted by molar-refractivity contribution is 0.0694. The maximum Gasteiger partial charge on any atom is 0.255 e. The minimum atomic E-state index is -0.304. The van der Waals surface area contributed by atoms with Crippen LogP contribution in [0.1, 0.15) is 24.2 Å². The van der Waals surface area contributed by atoms with Gasteiger partial charge in [-0.15, -0.1) is 0 Å². The van der Waals surface area contributed by atoms with Crippen molar-refractivity contribution in [3.05, 3.63) is 28.2 Å². The number of nitrogens with one attached hydrogen (secondary N) is 1. The van der Waals surface area contributed by atoms with E-state index in [0.29, 0.717) is 13.2 Å². The van der Waals surface area contributed by atoms with Crippen LogP contribution < -0.4 is 5.32 Å². The number of hydrogen-bond acceptors (Lipinski definition) is 3. The third kappa shape index (κ3) is 4.36. The number of carbonyl (C=O) groups excluding carboxylic acids is 1. The summed E-state index contributed by atoms with van der Waals surface area (Å²) in [5.74, 6) is -0.345. The van der Waals surface area contributed by atoms with Gasteiger partial charge in [0.15, 0.2) is 0 Å². The summed E-state index contributed by atoms with van der Waals surface area (Å²) in [4.78, 5) is 11.7. The fourth-order valence-electron chi connectivity index (χ4n) is 1.37. The van der Waals surface area contributed by atoms with Crippen molar-refractivity contribution in [2.24, 2.45) is 0 Å². The fraction of sp³-hybridized carbons (Fsp3) is 0.417. The summed E-state index contributed by atoms with van der Waals surface area (Å²) in [5.41, 5.74) is 0.261. The standard InChI is InChI=1S/C12H16BrNO3/c1-3-17-8(2)7-14-12(16)10-5-4-9(13)6-11(10)15/h4-6,8,15H,3,7H2,1-2H3,(H,14,16). The second-order valence-corrected chi connectivity index (χ2v) is 4.55. The monoisotopic (exact) mass is 301 g/mol. The number of carbonyl (C=O) groups is 1. The van der Waals surface area contributed by atoms with Crippen LogP contribution in [0.5, 0.6) is 5.75 Å². The van der Waals surface area contributed by atoms with Gasteiger partial charge in [-0.1, -0.05) is 15.9 Å². The third-order valence-corrected chi connectivity index (χ3v) is 2.70. The molecule has 1 amide bonds. The molecular formula is C12H16BrNO3. The molecular weight excluding hydrogens is 286 g/mol. The molecule has 94 valence electrons. The number of amides is 1. The summed E-state index contributed by atoms with van der Waals surface area (Å²) in [5, 5.41) is 12.3. The van der Waals surface area contributed by atoms with Crippen LogP contribution in [-0.4, -0.2) is 30.3 Å². The number of phenolic OH excluding ortho intramolecular Hbond substituents is 1. The summed E-state index contributed by atoms with van der Waals surface area (Å²) in [6.45, 7) is 4.81. The molecule has 0 heterocycles. The summed E-state index contributed by atoms with van der Waals surface area (Å²) in [6, 6.07) is 4.77. The van der Waals surface area contributed by atoms with Gasteiger partial charge >= 0.3 is 0 Å². The molecule has 0 spiro atoms. The Morgan fingerprint density at radius 3 is 2.88 bits per heavy atom. The fourth-order valence-corrected chi connectivity index (χ4v) is 1.72. The summed E-state index contributed by atoms with van der Waals surface area (Å²) in [7, 11) is 0. The molecule has 0 saturated carbocycles. The number of aromatic hydroxyl groups is 1. The van der Waals surface area contributed by atoms with E-state index < -0.39 is 0 Å². The molecule has 0 saturated heterocycles. The highest BCUT2D eigenvalue weighted by atomic mass is 79.9. The highest BCUT2D eigenvalue weighted by Crippen LogP contribution is 2.21. The van der Waals surface area contributed by atoms with Crippen molar-refractivity contribution in [1.29, 1.82) is 0 Å². The van der Waals surface area contributed by atoms with Gasteiger partial charge in [-0.25, -0.2) is 0 Å². The minimum Gasteiger partial charge on any atom is -0.507 e. The van der Waals surface area contributed by atoms with Gasteiger partial charge in [-0.2, -0.15) is 0 Å². The van der Waals surface area contributed by atoms with Crippen LogP contribution >= 0.6 is 15.9 Å². The quantitative estimate of drug-likeness (QED) is 0.877. The van der Waals surface area contributed by atoms with Crippen molar-refractivity contribution < 1.29 is 14.6 Å². The van der Waals surface area contributed by atoms with E-state index >= 15 is 0 Å². The first-order valence-electron chi connectivity index (χ1n) is 5.43. The predicted molar refractivity (Wildman–Crippen MR) is 69.2 cm³/mol. The van der Waals surface area contributed by atoms with E-state index in [9.17, 15) is 9.90 Å². The van der Waals surface area contributed by atoms with E-state index in [1.165, 1.54) is 6.07 Å². The molecule has 1 aromatic carbocycles. The first-order chi connectivity index (χ1) is 8.04. The van der Waals surface area contributed by atoms with Gasteiger partial charge < -0.3 is 15.2 Å². The van der Waals surface area contributed by atoms with Crippen LogP contribution in [0, 0.1) is 0 Å². The normalized spacial score (nSPS) is 12.2. The Labute approximate surface area is 109 Å². The van der Waals surface area contributed by atoms with E-state index in [1.54, 1.807) is 12.1 Å². The average Bonchev–Trinajstić information content (AvgIpc) is 2.26. The van der Waals surface area contributed by atoms with Gasteiger partial charge in [0, 0.05) is 17.6 Å². The van der Waals surface area contributed by atoms with E-state index in [1.807, 2.05) is 13.8 Å². The number of benzene rings is 1. The average molecular weight is 302 g/mol. The van der Waals surface area contributed by atoms with Gasteiger partial charge in [0.25, 0.3) is 5.91 Å². The second kappa shape index (κ2) is 6.61. The number of halogens is 1. The number of hydrogen-bond donors (Lipinski definition) is 2. The zero-order chi connectivity index (χ0) is 12.8. The van der Waals surface area contributed by atoms with Crippen molar-refractivity contribution in [2.75, 3.05) is 13.2 Å². The zero-order valence-electron chi connectivity index (χ0n) is 9.87. The van der Waals surface area contributed by atoms with Crippen LogP contribution in [0.15, 0.2) is 22.7 Å². The molecule has 0 aliphatic carbocycles. The lowest BCUT2D eigenvalue weighted by atomic mass is 10.2. The lowest BCUT2D eigenvalue weighted by Gasteiger charge is -2.13. The van der Waals surface area contributed by atoms with E-state index in [4.69, 9.17) is 4.74 Å². The van der Waals surface area contributed by atoms with Crippen molar-refractivity contribution in [3.8, 4) is 5.75 Å². The maximum absolute atomic E-state index is 11.7. The molecule has 0 radical (unpaired) electrons. The summed E-state index contributed by atoms with van der Waals surface area (Å²) >= 11 is 3.22. The Morgan fingerprint density at radius 1 is 1.59 bits per heavy atom. The van der Waals surface area contributed by atoms with Crippen molar-refractivity contribution in [3.63, 3.8) is 0 Å². The third-order valence-electron chi connectivity index (χ3n) is 2.21. The highest BCUT2D eigenvalue weighted by Gasteiger charge is 2.12. The van der Waals surface area contributed by atoms with Gasteiger partial charge in [0.2, 0.25) is 0 Å². The largest absolute Gasteiger partial charge is 0.507 e. The van der Waals surface area contributed by atoms with Crippen molar-refractivity contribution in [2.45, 2.75) is 20.0 Å². The molecule has 1 atom stereocenters. The van der Waals surface area contributed by atoms with Crippen LogP contribution in [0.2, 0.25) is 0 Å². The molecule has 5 heteroatoms. The smallest absolute Gasteiger partial charge is 0.255 e. The van der Waals surface area contributed by atoms with Crippen molar-refractivity contribution in [1.82, 2.24) is 5.32 Å². The number of phenols is 1. The van der Waals surface area contributed by atoms with Crippen LogP contribution in [0.3, 0.4) is 0 Å². The van der Waals surface area contributed by atoms with E-state index in [2.05, 4.69) is 21.2 Å². The molecule has 0 aromatic heterocycles. The Hall–Kier alpha value is -1.07. The molecule has 1 rings (SSSR count). The van der Waals surface area contributed by atoms with Crippen LogP contribution in [0.25, 0.3) is 0 Å². The van der Waals surface area contributed by atoms with Crippen molar-refractivity contribution >= 4 is 21.8 Å². The lowest BCUT2D eigenvalue weighted by Crippen LogP contribution is -2.32. The molecule has 4 nitrogen and oxygen atoms in total. The Bertz CT molecular complexity index is 395. The molecule has 0 aliphatic heterocycles. The minimum absolute atomic E-state index is 0.0402. The Kier molecular flexibility index (Phi) is 5.44. The first-order valence-corrected chi connectivity index (χ1v) is 6.22. The van der Waals surface area contributed by atoms with Gasteiger partial charge in [-0.05, 0) is 32.0 Å². The van der Waals surface area contributed by atoms with Crippen LogP contribution in [0.4, 0.5) is 0 Å². The summed E-state index contributed by atoms with van der Waals surface area (Å²) in [6.07, 6.45) is -0.0402. The molecule has 0 bridgehead atoms. The molecule has 17 heavy (non-hydrogen) atoms. The van der Waals surface area contributed by atoms with Crippen LogP contribution in [-0.2, 0) is 4.74 Å². The Balaban J connectivity index is 2.58. The van der Waals surface area contributed by atoms with Gasteiger partial charge in [-0.3, -0.25) is 4.79 Å². The zero-order valence-corrected chi connectivity index (χ0v) is 11.5. The molecule has 0 aliphatic rings. The number of rotatable bonds is 5. The molecule has 1 aromatic rings. The topological polar surface area (TPSA) is 58.6 Å². The molecule has 1 unspecified atom stereocenters. The Morgan fingerprint density at radius 2 is 2.29 bits per heavy atom. The highest BCUT2D eigenvalue weighted by molar-refractivity contribution is 9.10. The van der Waals surface area contributed by atoms with Gasteiger partial charge in [0.1, 0.15) is 5.75 Å². The van der Waals surface area contributed by atoms with E-state index in [-0.39, 0.29) is 23.3 Å². The second-order valence-electron chi connectivity index (χ2n) is 3.64.